The van der Waals surface area contributed by atoms with Gasteiger partial charge in [-0.2, -0.15) is 0 Å². The van der Waals surface area contributed by atoms with Crippen molar-refractivity contribution in [2.45, 2.75) is 0 Å². The largest absolute Gasteiger partial charge is 0.277 e. The summed E-state index contributed by atoms with van der Waals surface area (Å²) in [4.78, 5) is 12.6. The van der Waals surface area contributed by atoms with E-state index in [0.717, 1.165) is 5.52 Å². The van der Waals surface area contributed by atoms with E-state index in [2.05, 4.69) is 10.2 Å². The quantitative estimate of drug-likeness (QED) is 0.543. The van der Waals surface area contributed by atoms with E-state index >= 15 is 0 Å². The summed E-state index contributed by atoms with van der Waals surface area (Å²) in [5, 5.41) is 10.5. The van der Waals surface area contributed by atoms with E-state index in [1.54, 1.807) is 35.2 Å². The summed E-state index contributed by atoms with van der Waals surface area (Å²) in [5.74, 6) is 0.489. The van der Waals surface area contributed by atoms with Crippen molar-refractivity contribution in [2.75, 3.05) is 0 Å². The summed E-state index contributed by atoms with van der Waals surface area (Å²) in [6, 6.07) is 8.96. The smallest absolute Gasteiger partial charge is 0.267 e. The number of rotatable bonds is 1. The number of hydrogen-bond donors (Lipinski definition) is 0. The van der Waals surface area contributed by atoms with Gasteiger partial charge in [0.15, 0.2) is 0 Å². The van der Waals surface area contributed by atoms with Crippen molar-refractivity contribution in [3.8, 4) is 5.69 Å². The van der Waals surface area contributed by atoms with Crippen LogP contribution in [0.1, 0.15) is 0 Å². The van der Waals surface area contributed by atoms with Crippen LogP contribution in [0, 0.1) is 0 Å². The number of thiophene rings is 1. The SMILES string of the molecule is O=c1c2sccc2n2cnnc2n1-c1ccc(Cl)cc1. The van der Waals surface area contributed by atoms with Gasteiger partial charge < -0.3 is 0 Å². The molecular formula is C13H7ClN4OS. The fraction of sp³-hybridized carbons (Fsp3) is 0. The van der Waals surface area contributed by atoms with Crippen molar-refractivity contribution in [3.63, 3.8) is 0 Å². The van der Waals surface area contributed by atoms with Gasteiger partial charge in [0.1, 0.15) is 11.0 Å². The summed E-state index contributed by atoms with van der Waals surface area (Å²) in [7, 11) is 0. The molecule has 0 aliphatic carbocycles. The molecular weight excluding hydrogens is 296 g/mol. The molecule has 4 aromatic rings. The summed E-state index contributed by atoms with van der Waals surface area (Å²) in [5.41, 5.74) is 1.44. The molecule has 0 N–H and O–H groups in total. The number of aromatic nitrogens is 4. The molecule has 3 aromatic heterocycles. The van der Waals surface area contributed by atoms with Gasteiger partial charge in [-0.3, -0.25) is 9.20 Å². The predicted octanol–water partition coefficient (Wildman–Crippen LogP) is 2.75. The van der Waals surface area contributed by atoms with Crippen LogP contribution in [0.5, 0.6) is 0 Å². The molecule has 7 heteroatoms. The van der Waals surface area contributed by atoms with Gasteiger partial charge in [0.2, 0.25) is 5.78 Å². The average molecular weight is 303 g/mol. The lowest BCUT2D eigenvalue weighted by atomic mass is 10.3. The van der Waals surface area contributed by atoms with Crippen LogP contribution in [0.25, 0.3) is 21.7 Å². The van der Waals surface area contributed by atoms with E-state index < -0.39 is 0 Å². The molecule has 5 nitrogen and oxygen atoms in total. The Morgan fingerprint density at radius 3 is 2.75 bits per heavy atom. The molecule has 0 fully saturated rings. The predicted molar refractivity (Wildman–Crippen MR) is 79.0 cm³/mol. The normalized spacial score (nSPS) is 11.4. The Morgan fingerprint density at radius 1 is 1.15 bits per heavy atom. The highest BCUT2D eigenvalue weighted by atomic mass is 35.5. The molecule has 0 spiro atoms. The summed E-state index contributed by atoms with van der Waals surface area (Å²) in [6.07, 6.45) is 1.61. The fourth-order valence-corrected chi connectivity index (χ4v) is 3.16. The Balaban J connectivity index is 2.20. The van der Waals surface area contributed by atoms with E-state index in [1.807, 2.05) is 15.8 Å². The molecule has 0 unspecified atom stereocenters. The zero-order chi connectivity index (χ0) is 13.7. The van der Waals surface area contributed by atoms with Gasteiger partial charge in [0, 0.05) is 5.02 Å². The Hall–Kier alpha value is -2.18. The van der Waals surface area contributed by atoms with Crippen LogP contribution in [0.2, 0.25) is 5.02 Å². The van der Waals surface area contributed by atoms with Crippen LogP contribution in [0.4, 0.5) is 0 Å². The third-order valence-corrected chi connectivity index (χ3v) is 4.26. The summed E-state index contributed by atoms with van der Waals surface area (Å²) < 4.78 is 4.02. The Labute approximate surface area is 121 Å². The van der Waals surface area contributed by atoms with E-state index in [9.17, 15) is 4.79 Å². The molecule has 0 bridgehead atoms. The maximum absolute atomic E-state index is 12.6. The van der Waals surface area contributed by atoms with Crippen molar-refractivity contribution in [1.29, 1.82) is 0 Å². The first kappa shape index (κ1) is 11.6. The Morgan fingerprint density at radius 2 is 1.95 bits per heavy atom. The van der Waals surface area contributed by atoms with Gasteiger partial charge in [-0.15, -0.1) is 21.5 Å². The zero-order valence-electron chi connectivity index (χ0n) is 10.0. The topological polar surface area (TPSA) is 52.2 Å². The molecule has 0 aliphatic heterocycles. The number of benzene rings is 1. The Bertz CT molecular complexity index is 983. The molecule has 3 heterocycles. The lowest BCUT2D eigenvalue weighted by Crippen LogP contribution is -2.20. The van der Waals surface area contributed by atoms with Crippen molar-refractivity contribution in [2.24, 2.45) is 0 Å². The number of fused-ring (bicyclic) bond motifs is 3. The van der Waals surface area contributed by atoms with Crippen molar-refractivity contribution in [1.82, 2.24) is 19.2 Å². The second kappa shape index (κ2) is 4.16. The molecule has 0 amide bonds. The monoisotopic (exact) mass is 302 g/mol. The minimum atomic E-state index is -0.0992. The molecule has 0 radical (unpaired) electrons. The first-order chi connectivity index (χ1) is 9.75. The lowest BCUT2D eigenvalue weighted by molar-refractivity contribution is 0.970. The molecule has 4 rings (SSSR count). The van der Waals surface area contributed by atoms with E-state index in [0.29, 0.717) is 21.2 Å². The average Bonchev–Trinajstić information content (AvgIpc) is 3.08. The van der Waals surface area contributed by atoms with Gasteiger partial charge in [-0.1, -0.05) is 11.6 Å². The highest BCUT2D eigenvalue weighted by Crippen LogP contribution is 2.20. The van der Waals surface area contributed by atoms with E-state index in [1.165, 1.54) is 11.3 Å². The van der Waals surface area contributed by atoms with Crippen LogP contribution < -0.4 is 5.56 Å². The molecule has 0 saturated heterocycles. The van der Waals surface area contributed by atoms with Gasteiger partial charge in [-0.05, 0) is 35.7 Å². The van der Waals surface area contributed by atoms with Gasteiger partial charge in [0.25, 0.3) is 5.56 Å². The molecule has 20 heavy (non-hydrogen) atoms. The minimum Gasteiger partial charge on any atom is -0.267 e. The van der Waals surface area contributed by atoms with E-state index in [-0.39, 0.29) is 5.56 Å². The van der Waals surface area contributed by atoms with E-state index in [4.69, 9.17) is 11.6 Å². The van der Waals surface area contributed by atoms with Crippen LogP contribution >= 0.6 is 22.9 Å². The van der Waals surface area contributed by atoms with Crippen LogP contribution in [0.15, 0.2) is 46.8 Å². The maximum Gasteiger partial charge on any atom is 0.277 e. The molecule has 0 atom stereocenters. The van der Waals surface area contributed by atoms with Gasteiger partial charge in [0.05, 0.1) is 11.2 Å². The minimum absolute atomic E-state index is 0.0992. The maximum atomic E-state index is 12.6. The second-order valence-corrected chi connectivity index (χ2v) is 5.61. The molecule has 1 aromatic carbocycles. The van der Waals surface area contributed by atoms with Crippen molar-refractivity contribution < 1.29 is 0 Å². The highest BCUT2D eigenvalue weighted by molar-refractivity contribution is 7.17. The van der Waals surface area contributed by atoms with Crippen molar-refractivity contribution >= 4 is 38.9 Å². The zero-order valence-corrected chi connectivity index (χ0v) is 11.6. The summed E-state index contributed by atoms with van der Waals surface area (Å²) >= 11 is 7.30. The number of hydrogen-bond acceptors (Lipinski definition) is 4. The standard InChI is InChI=1S/C13H7ClN4OS/c14-8-1-3-9(4-2-8)18-12(19)11-10(5-6-20-11)17-7-15-16-13(17)18/h1-7H. The number of nitrogens with zero attached hydrogens (tertiary/aromatic N) is 4. The fourth-order valence-electron chi connectivity index (χ4n) is 2.22. The highest BCUT2D eigenvalue weighted by Gasteiger charge is 2.14. The molecule has 0 aliphatic rings. The number of halogens is 1. The van der Waals surface area contributed by atoms with Crippen LogP contribution in [-0.2, 0) is 0 Å². The van der Waals surface area contributed by atoms with Crippen LogP contribution in [-0.4, -0.2) is 19.2 Å². The third kappa shape index (κ3) is 1.52. The lowest BCUT2D eigenvalue weighted by Gasteiger charge is -2.08. The molecule has 98 valence electrons. The Kier molecular flexibility index (Phi) is 2.42. The molecule has 0 saturated carbocycles. The summed E-state index contributed by atoms with van der Waals surface area (Å²) in [6.45, 7) is 0. The third-order valence-electron chi connectivity index (χ3n) is 3.12. The van der Waals surface area contributed by atoms with Crippen molar-refractivity contribution in [3.05, 3.63) is 57.4 Å². The first-order valence-corrected chi connectivity index (χ1v) is 7.09. The van der Waals surface area contributed by atoms with Gasteiger partial charge in [-0.25, -0.2) is 4.57 Å². The first-order valence-electron chi connectivity index (χ1n) is 5.83. The van der Waals surface area contributed by atoms with Crippen LogP contribution in [0.3, 0.4) is 0 Å². The van der Waals surface area contributed by atoms with Gasteiger partial charge >= 0.3 is 0 Å². The second-order valence-electron chi connectivity index (χ2n) is 4.25.